The molecule has 1 aliphatic heterocycles. The summed E-state index contributed by atoms with van der Waals surface area (Å²) in [5.41, 5.74) is 5.17. The second-order valence-electron chi connectivity index (χ2n) is 6.97. The van der Waals surface area contributed by atoms with Gasteiger partial charge in [-0.05, 0) is 58.7 Å². The van der Waals surface area contributed by atoms with Gasteiger partial charge in [-0.15, -0.1) is 0 Å². The molecule has 0 N–H and O–H groups in total. The van der Waals surface area contributed by atoms with E-state index in [9.17, 15) is 4.79 Å². The van der Waals surface area contributed by atoms with Crippen molar-refractivity contribution in [2.75, 3.05) is 11.6 Å². The van der Waals surface area contributed by atoms with Crippen LogP contribution in [0.15, 0.2) is 23.0 Å². The van der Waals surface area contributed by atoms with Crippen molar-refractivity contribution in [3.05, 3.63) is 50.9 Å². The number of nitrogens with zero attached hydrogens (tertiary/aromatic N) is 4. The highest BCUT2D eigenvalue weighted by atomic mass is 16.1. The minimum absolute atomic E-state index is 0.0538. The number of aromatic nitrogens is 2. The number of benzene rings is 1. The molecule has 0 amide bonds. The van der Waals surface area contributed by atoms with Crippen LogP contribution in [-0.4, -0.2) is 27.2 Å². The average molecular weight is 326 g/mol. The lowest BCUT2D eigenvalue weighted by Crippen LogP contribution is -2.50. The summed E-state index contributed by atoms with van der Waals surface area (Å²) in [5, 5.41) is 0. The standard InChI is InChI=1S/C19H26N4O/c1-12(2)21-10-22(17-9-7-8-13(3)14(17)4)19-20-16(6)15(5)18(24)23(19)11-21/h7-9,12H,10-11H2,1-6H3. The molecule has 0 radical (unpaired) electrons. The molecule has 2 aromatic rings. The second kappa shape index (κ2) is 6.06. The highest BCUT2D eigenvalue weighted by molar-refractivity contribution is 5.64. The maximum absolute atomic E-state index is 12.8. The van der Waals surface area contributed by atoms with E-state index in [1.54, 1.807) is 4.57 Å². The lowest BCUT2D eigenvalue weighted by atomic mass is 10.1. The minimum Gasteiger partial charge on any atom is -0.298 e. The predicted octanol–water partition coefficient (Wildman–Crippen LogP) is 3.25. The number of hydrogen-bond acceptors (Lipinski definition) is 4. The average Bonchev–Trinajstić information content (AvgIpc) is 2.55. The van der Waals surface area contributed by atoms with Gasteiger partial charge in [-0.25, -0.2) is 4.98 Å². The summed E-state index contributed by atoms with van der Waals surface area (Å²) < 4.78 is 1.80. The first-order chi connectivity index (χ1) is 11.3. The molecule has 0 spiro atoms. The molecule has 0 aliphatic carbocycles. The Morgan fingerprint density at radius 2 is 1.75 bits per heavy atom. The molecule has 24 heavy (non-hydrogen) atoms. The third-order valence-electron chi connectivity index (χ3n) is 5.10. The van der Waals surface area contributed by atoms with E-state index in [2.05, 4.69) is 55.7 Å². The molecule has 0 fully saturated rings. The first-order valence-corrected chi connectivity index (χ1v) is 8.47. The monoisotopic (exact) mass is 326 g/mol. The Morgan fingerprint density at radius 1 is 1.04 bits per heavy atom. The topological polar surface area (TPSA) is 41.4 Å². The van der Waals surface area contributed by atoms with Crippen molar-refractivity contribution in [2.24, 2.45) is 0 Å². The number of anilines is 2. The Morgan fingerprint density at radius 3 is 2.42 bits per heavy atom. The number of hydrogen-bond donors (Lipinski definition) is 0. The van der Waals surface area contributed by atoms with Gasteiger partial charge < -0.3 is 0 Å². The van der Waals surface area contributed by atoms with Crippen LogP contribution < -0.4 is 10.5 Å². The summed E-state index contributed by atoms with van der Waals surface area (Å²) in [5.74, 6) is 0.744. The molecule has 2 heterocycles. The van der Waals surface area contributed by atoms with Gasteiger partial charge in [0.25, 0.3) is 5.56 Å². The molecule has 0 saturated heterocycles. The van der Waals surface area contributed by atoms with E-state index in [1.807, 2.05) is 13.8 Å². The van der Waals surface area contributed by atoms with Crippen molar-refractivity contribution >= 4 is 11.6 Å². The molecule has 5 heteroatoms. The molecular weight excluding hydrogens is 300 g/mol. The fraction of sp³-hybridized carbons (Fsp3) is 0.474. The SMILES string of the molecule is Cc1cccc(N2CN(C(C)C)Cn3c2nc(C)c(C)c3=O)c1C. The largest absolute Gasteiger partial charge is 0.298 e. The van der Waals surface area contributed by atoms with Gasteiger partial charge in [0.05, 0.1) is 13.3 Å². The first kappa shape index (κ1) is 16.7. The van der Waals surface area contributed by atoms with Crippen molar-refractivity contribution in [1.82, 2.24) is 14.5 Å². The molecule has 1 aromatic heterocycles. The van der Waals surface area contributed by atoms with E-state index in [1.165, 1.54) is 11.1 Å². The van der Waals surface area contributed by atoms with Gasteiger partial charge in [-0.3, -0.25) is 19.2 Å². The Kier molecular flexibility index (Phi) is 4.22. The molecule has 0 saturated carbocycles. The highest BCUT2D eigenvalue weighted by Crippen LogP contribution is 2.31. The molecule has 5 nitrogen and oxygen atoms in total. The summed E-state index contributed by atoms with van der Waals surface area (Å²) >= 11 is 0. The molecule has 3 rings (SSSR count). The predicted molar refractivity (Wildman–Crippen MR) is 97.9 cm³/mol. The molecule has 0 atom stereocenters. The normalized spacial score (nSPS) is 15.0. The molecule has 0 bridgehead atoms. The summed E-state index contributed by atoms with van der Waals surface area (Å²) in [4.78, 5) is 22.0. The van der Waals surface area contributed by atoms with Gasteiger partial charge in [0.1, 0.15) is 0 Å². The van der Waals surface area contributed by atoms with Gasteiger partial charge in [-0.2, -0.15) is 0 Å². The zero-order valence-electron chi connectivity index (χ0n) is 15.4. The number of rotatable bonds is 2. The Hall–Kier alpha value is -2.14. The van der Waals surface area contributed by atoms with Crippen molar-refractivity contribution in [3.8, 4) is 0 Å². The number of aryl methyl sites for hydroxylation is 2. The van der Waals surface area contributed by atoms with Gasteiger partial charge in [0.2, 0.25) is 5.95 Å². The van der Waals surface area contributed by atoms with E-state index in [0.29, 0.717) is 12.7 Å². The zero-order valence-corrected chi connectivity index (χ0v) is 15.4. The van der Waals surface area contributed by atoms with Gasteiger partial charge in [0, 0.05) is 23.0 Å². The van der Waals surface area contributed by atoms with Crippen LogP contribution in [0, 0.1) is 27.7 Å². The minimum atomic E-state index is 0.0538. The van der Waals surface area contributed by atoms with Crippen LogP contribution in [0.1, 0.15) is 36.2 Å². The van der Waals surface area contributed by atoms with Crippen molar-refractivity contribution in [3.63, 3.8) is 0 Å². The third kappa shape index (κ3) is 2.63. The Labute approximate surface area is 143 Å². The van der Waals surface area contributed by atoms with E-state index >= 15 is 0 Å². The zero-order chi connectivity index (χ0) is 17.6. The second-order valence-corrected chi connectivity index (χ2v) is 6.97. The Balaban J connectivity index is 2.24. The molecule has 1 aliphatic rings. The van der Waals surface area contributed by atoms with Crippen LogP contribution in [0.5, 0.6) is 0 Å². The van der Waals surface area contributed by atoms with Gasteiger partial charge in [-0.1, -0.05) is 12.1 Å². The maximum atomic E-state index is 12.8. The van der Waals surface area contributed by atoms with Crippen LogP contribution in [0.3, 0.4) is 0 Å². The fourth-order valence-electron chi connectivity index (χ4n) is 3.09. The molecule has 128 valence electrons. The fourth-order valence-corrected chi connectivity index (χ4v) is 3.09. The van der Waals surface area contributed by atoms with Crippen molar-refractivity contribution in [1.29, 1.82) is 0 Å². The lowest BCUT2D eigenvalue weighted by Gasteiger charge is -2.40. The van der Waals surface area contributed by atoms with Crippen LogP contribution in [0.2, 0.25) is 0 Å². The van der Waals surface area contributed by atoms with Crippen LogP contribution in [0.4, 0.5) is 11.6 Å². The Bertz CT molecular complexity index is 838. The van der Waals surface area contributed by atoms with Crippen molar-refractivity contribution < 1.29 is 0 Å². The number of fused-ring (bicyclic) bond motifs is 1. The summed E-state index contributed by atoms with van der Waals surface area (Å²) in [6, 6.07) is 6.64. The van der Waals surface area contributed by atoms with Gasteiger partial charge in [0.15, 0.2) is 0 Å². The van der Waals surface area contributed by atoms with E-state index in [-0.39, 0.29) is 5.56 Å². The summed E-state index contributed by atoms with van der Waals surface area (Å²) in [6.07, 6.45) is 0. The molecular formula is C19H26N4O. The van der Waals surface area contributed by atoms with E-state index in [0.717, 1.165) is 29.6 Å². The van der Waals surface area contributed by atoms with Crippen LogP contribution in [-0.2, 0) is 6.67 Å². The first-order valence-electron chi connectivity index (χ1n) is 8.47. The van der Waals surface area contributed by atoms with Crippen LogP contribution >= 0.6 is 0 Å². The quantitative estimate of drug-likeness (QED) is 0.849. The lowest BCUT2D eigenvalue weighted by molar-refractivity contribution is 0.156. The van der Waals surface area contributed by atoms with Gasteiger partial charge >= 0.3 is 0 Å². The third-order valence-corrected chi connectivity index (χ3v) is 5.10. The summed E-state index contributed by atoms with van der Waals surface area (Å²) in [7, 11) is 0. The van der Waals surface area contributed by atoms with Crippen molar-refractivity contribution in [2.45, 2.75) is 54.3 Å². The smallest absolute Gasteiger partial charge is 0.259 e. The van der Waals surface area contributed by atoms with Crippen LogP contribution in [0.25, 0.3) is 0 Å². The van der Waals surface area contributed by atoms with E-state index in [4.69, 9.17) is 4.98 Å². The summed E-state index contributed by atoms with van der Waals surface area (Å²) in [6.45, 7) is 13.6. The molecule has 1 aromatic carbocycles. The van der Waals surface area contributed by atoms with E-state index < -0.39 is 0 Å². The highest BCUT2D eigenvalue weighted by Gasteiger charge is 2.29. The maximum Gasteiger partial charge on any atom is 0.259 e. The molecule has 0 unspecified atom stereocenters.